The third kappa shape index (κ3) is 1.84. The van der Waals surface area contributed by atoms with Crippen molar-refractivity contribution in [1.29, 1.82) is 0 Å². The lowest BCUT2D eigenvalue weighted by Gasteiger charge is -2.37. The first-order valence-corrected chi connectivity index (χ1v) is 5.64. The van der Waals surface area contributed by atoms with Crippen LogP contribution in [0.3, 0.4) is 0 Å². The number of amides is 3. The Kier molecular flexibility index (Phi) is 3.00. The first kappa shape index (κ1) is 11.2. The molecule has 2 fully saturated rings. The Labute approximate surface area is 95.0 Å². The maximum atomic E-state index is 11.9. The zero-order valence-electron chi connectivity index (χ0n) is 9.69. The fraction of sp³-hybridized carbons (Fsp3) is 0.800. The Hall–Kier alpha value is -1.30. The van der Waals surface area contributed by atoms with Crippen molar-refractivity contribution in [3.8, 4) is 0 Å². The summed E-state index contributed by atoms with van der Waals surface area (Å²) in [6, 6.07) is -0.00960. The lowest BCUT2D eigenvalue weighted by molar-refractivity contribution is -0.135. The van der Waals surface area contributed by atoms with Crippen molar-refractivity contribution in [3.05, 3.63) is 0 Å². The van der Waals surface area contributed by atoms with Crippen molar-refractivity contribution in [3.63, 3.8) is 0 Å². The maximum Gasteiger partial charge on any atom is 0.317 e. The molecule has 3 amide bonds. The zero-order chi connectivity index (χ0) is 11.7. The molecule has 2 aliphatic heterocycles. The Bertz CT molecular complexity index is 307. The summed E-state index contributed by atoms with van der Waals surface area (Å²) in [6.07, 6.45) is 0. The van der Waals surface area contributed by atoms with Gasteiger partial charge in [-0.05, 0) is 14.0 Å². The van der Waals surface area contributed by atoms with E-state index in [0.29, 0.717) is 26.2 Å². The summed E-state index contributed by atoms with van der Waals surface area (Å²) < 4.78 is 0. The second-order valence-electron chi connectivity index (χ2n) is 4.33. The van der Waals surface area contributed by atoms with Crippen LogP contribution in [0.1, 0.15) is 6.92 Å². The lowest BCUT2D eigenvalue weighted by Crippen LogP contribution is -2.56. The van der Waals surface area contributed by atoms with E-state index in [9.17, 15) is 9.59 Å². The Balaban J connectivity index is 1.96. The van der Waals surface area contributed by atoms with Crippen LogP contribution >= 0.6 is 0 Å². The van der Waals surface area contributed by atoms with Crippen molar-refractivity contribution >= 4 is 11.9 Å². The highest BCUT2D eigenvalue weighted by atomic mass is 16.2. The number of piperazine rings is 1. The summed E-state index contributed by atoms with van der Waals surface area (Å²) in [5.74, 6) is 0.112. The molecule has 0 spiro atoms. The fourth-order valence-electron chi connectivity index (χ4n) is 2.20. The molecule has 6 heteroatoms. The predicted octanol–water partition coefficient (Wildman–Crippen LogP) is -1.17. The van der Waals surface area contributed by atoms with E-state index in [1.165, 1.54) is 0 Å². The standard InChI is InChI=1S/C10H18N4O2/c1-7(11-2)9(15)13-3-4-14-8(6-13)5-12-10(14)16/h7-8,11H,3-6H2,1-2H3,(H,12,16). The topological polar surface area (TPSA) is 64.7 Å². The van der Waals surface area contributed by atoms with Gasteiger partial charge in [0.15, 0.2) is 0 Å². The van der Waals surface area contributed by atoms with Gasteiger partial charge in [0.05, 0.1) is 12.1 Å². The Morgan fingerprint density at radius 1 is 1.56 bits per heavy atom. The second-order valence-corrected chi connectivity index (χ2v) is 4.33. The number of fused-ring (bicyclic) bond motifs is 1. The van der Waals surface area contributed by atoms with Gasteiger partial charge in [-0.15, -0.1) is 0 Å². The minimum atomic E-state index is -0.156. The fourth-order valence-corrected chi connectivity index (χ4v) is 2.20. The Morgan fingerprint density at radius 3 is 3.00 bits per heavy atom. The first-order valence-electron chi connectivity index (χ1n) is 5.64. The van der Waals surface area contributed by atoms with Crippen LogP contribution in [0.15, 0.2) is 0 Å². The number of nitrogens with one attached hydrogen (secondary N) is 2. The molecule has 0 bridgehead atoms. The number of rotatable bonds is 2. The molecular formula is C10H18N4O2. The van der Waals surface area contributed by atoms with Gasteiger partial charge in [0.25, 0.3) is 0 Å². The minimum absolute atomic E-state index is 0.00114. The number of nitrogens with zero attached hydrogens (tertiary/aromatic N) is 2. The maximum absolute atomic E-state index is 11.9. The summed E-state index contributed by atoms with van der Waals surface area (Å²) in [7, 11) is 1.78. The normalized spacial score (nSPS) is 26.4. The van der Waals surface area contributed by atoms with Crippen LogP contribution in [0.5, 0.6) is 0 Å². The molecule has 0 aliphatic carbocycles. The van der Waals surface area contributed by atoms with Crippen molar-refractivity contribution in [2.45, 2.75) is 19.0 Å². The number of carbonyl (C=O) groups excluding carboxylic acids is 2. The van der Waals surface area contributed by atoms with Crippen LogP contribution in [0, 0.1) is 0 Å². The Morgan fingerprint density at radius 2 is 2.31 bits per heavy atom. The highest BCUT2D eigenvalue weighted by molar-refractivity contribution is 5.82. The van der Waals surface area contributed by atoms with E-state index in [-0.39, 0.29) is 24.0 Å². The molecule has 2 aliphatic rings. The van der Waals surface area contributed by atoms with Gasteiger partial charge in [0.1, 0.15) is 0 Å². The van der Waals surface area contributed by atoms with Crippen molar-refractivity contribution in [2.75, 3.05) is 33.2 Å². The molecule has 0 radical (unpaired) electrons. The SMILES string of the molecule is CNC(C)C(=O)N1CCN2C(=O)NCC2C1. The van der Waals surface area contributed by atoms with E-state index in [2.05, 4.69) is 10.6 Å². The third-order valence-corrected chi connectivity index (χ3v) is 3.35. The van der Waals surface area contributed by atoms with E-state index >= 15 is 0 Å². The molecule has 0 aromatic rings. The van der Waals surface area contributed by atoms with Crippen molar-refractivity contribution in [2.24, 2.45) is 0 Å². The van der Waals surface area contributed by atoms with Gasteiger partial charge >= 0.3 is 6.03 Å². The molecular weight excluding hydrogens is 208 g/mol. The monoisotopic (exact) mass is 226 g/mol. The van der Waals surface area contributed by atoms with Gasteiger partial charge in [-0.3, -0.25) is 4.79 Å². The molecule has 0 aromatic heterocycles. The molecule has 6 nitrogen and oxygen atoms in total. The minimum Gasteiger partial charge on any atom is -0.337 e. The van der Waals surface area contributed by atoms with Gasteiger partial charge in [-0.1, -0.05) is 0 Å². The van der Waals surface area contributed by atoms with Crippen LogP contribution in [0.25, 0.3) is 0 Å². The molecule has 2 heterocycles. The molecule has 0 aromatic carbocycles. The smallest absolute Gasteiger partial charge is 0.317 e. The van der Waals surface area contributed by atoms with Gasteiger partial charge in [0.2, 0.25) is 5.91 Å². The molecule has 90 valence electrons. The summed E-state index contributed by atoms with van der Waals surface area (Å²) >= 11 is 0. The molecule has 2 N–H and O–H groups in total. The van der Waals surface area contributed by atoms with Crippen LogP contribution in [0.2, 0.25) is 0 Å². The molecule has 16 heavy (non-hydrogen) atoms. The molecule has 2 rings (SSSR count). The summed E-state index contributed by atoms with van der Waals surface area (Å²) in [5, 5.41) is 5.74. The van der Waals surface area contributed by atoms with Crippen LogP contribution in [-0.4, -0.2) is 67.0 Å². The average molecular weight is 226 g/mol. The summed E-state index contributed by atoms with van der Waals surface area (Å²) in [4.78, 5) is 27.0. The summed E-state index contributed by atoms with van der Waals surface area (Å²) in [6.45, 7) is 4.42. The van der Waals surface area contributed by atoms with Crippen molar-refractivity contribution in [1.82, 2.24) is 20.4 Å². The number of likely N-dealkylation sites (N-methyl/N-ethyl adjacent to an activating group) is 1. The third-order valence-electron chi connectivity index (χ3n) is 3.35. The quantitative estimate of drug-likeness (QED) is 0.623. The van der Waals surface area contributed by atoms with Crippen LogP contribution in [-0.2, 0) is 4.79 Å². The molecule has 2 unspecified atom stereocenters. The number of urea groups is 1. The van der Waals surface area contributed by atoms with Gasteiger partial charge in [-0.25, -0.2) is 4.79 Å². The van der Waals surface area contributed by atoms with Gasteiger partial charge in [0, 0.05) is 26.2 Å². The van der Waals surface area contributed by atoms with E-state index in [4.69, 9.17) is 0 Å². The second kappa shape index (κ2) is 4.29. The van der Waals surface area contributed by atoms with E-state index < -0.39 is 0 Å². The zero-order valence-corrected chi connectivity index (χ0v) is 9.69. The predicted molar refractivity (Wildman–Crippen MR) is 59.0 cm³/mol. The van der Waals surface area contributed by atoms with E-state index in [1.807, 2.05) is 16.7 Å². The molecule has 0 saturated carbocycles. The lowest BCUT2D eigenvalue weighted by atomic mass is 10.1. The number of hydrogen-bond donors (Lipinski definition) is 2. The van der Waals surface area contributed by atoms with Gasteiger partial charge < -0.3 is 20.4 Å². The largest absolute Gasteiger partial charge is 0.337 e. The first-order chi connectivity index (χ1) is 7.63. The number of hydrogen-bond acceptors (Lipinski definition) is 3. The van der Waals surface area contributed by atoms with Crippen molar-refractivity contribution < 1.29 is 9.59 Å². The molecule has 2 atom stereocenters. The summed E-state index contributed by atoms with van der Waals surface area (Å²) in [5.41, 5.74) is 0. The van der Waals surface area contributed by atoms with Crippen LogP contribution < -0.4 is 10.6 Å². The van der Waals surface area contributed by atoms with E-state index in [1.54, 1.807) is 7.05 Å². The highest BCUT2D eigenvalue weighted by Crippen LogP contribution is 2.14. The highest BCUT2D eigenvalue weighted by Gasteiger charge is 2.37. The average Bonchev–Trinajstić information content (AvgIpc) is 2.68. The van der Waals surface area contributed by atoms with Gasteiger partial charge in [-0.2, -0.15) is 0 Å². The molecule has 2 saturated heterocycles. The number of carbonyl (C=O) groups is 2. The van der Waals surface area contributed by atoms with Crippen LogP contribution in [0.4, 0.5) is 4.79 Å². The van der Waals surface area contributed by atoms with E-state index in [0.717, 1.165) is 0 Å².